The lowest BCUT2D eigenvalue weighted by molar-refractivity contribution is -0.117. The summed E-state index contributed by atoms with van der Waals surface area (Å²) in [5.74, 6) is -0.102. The van der Waals surface area contributed by atoms with Crippen LogP contribution in [-0.4, -0.2) is 10.5 Å². The van der Waals surface area contributed by atoms with Crippen LogP contribution >= 0.6 is 0 Å². The Morgan fingerprint density at radius 3 is 2.76 bits per heavy atom. The molecule has 1 heterocycles. The van der Waals surface area contributed by atoms with Gasteiger partial charge in [-0.15, -0.1) is 0 Å². The van der Waals surface area contributed by atoms with Crippen LogP contribution in [0.1, 0.15) is 12.6 Å². The maximum Gasteiger partial charge on any atom is 0.246 e. The Hall–Kier alpha value is -2.03. The SMILES string of the molecule is C=C(C)C(=O)NCc1cc2ccccc2n1C. The van der Waals surface area contributed by atoms with Crippen molar-refractivity contribution in [2.24, 2.45) is 7.05 Å². The maximum absolute atomic E-state index is 11.4. The molecule has 1 amide bonds. The standard InChI is InChI=1S/C14H16N2O/c1-10(2)14(17)15-9-12-8-11-6-4-5-7-13(11)16(12)3/h4-8H,1,9H2,2-3H3,(H,15,17). The molecule has 0 aliphatic rings. The predicted molar refractivity (Wildman–Crippen MR) is 69.6 cm³/mol. The van der Waals surface area contributed by atoms with Crippen LogP contribution in [0.15, 0.2) is 42.5 Å². The highest BCUT2D eigenvalue weighted by molar-refractivity contribution is 5.92. The Labute approximate surface area is 101 Å². The molecule has 1 aromatic carbocycles. The molecule has 0 aliphatic carbocycles. The van der Waals surface area contributed by atoms with Gasteiger partial charge in [0, 0.05) is 23.8 Å². The summed E-state index contributed by atoms with van der Waals surface area (Å²) in [6.07, 6.45) is 0. The van der Waals surface area contributed by atoms with Crippen LogP contribution in [-0.2, 0) is 18.4 Å². The molecule has 3 nitrogen and oxygen atoms in total. The molecule has 0 aliphatic heterocycles. The van der Waals surface area contributed by atoms with E-state index in [0.29, 0.717) is 12.1 Å². The number of para-hydroxylation sites is 1. The van der Waals surface area contributed by atoms with Crippen LogP contribution < -0.4 is 5.32 Å². The van der Waals surface area contributed by atoms with E-state index in [0.717, 1.165) is 5.69 Å². The molecular weight excluding hydrogens is 212 g/mol. The molecule has 0 spiro atoms. The van der Waals surface area contributed by atoms with Crippen LogP contribution in [0.5, 0.6) is 0 Å². The Bertz CT molecular complexity index is 581. The highest BCUT2D eigenvalue weighted by Crippen LogP contribution is 2.17. The van der Waals surface area contributed by atoms with Crippen LogP contribution in [0.25, 0.3) is 10.9 Å². The van der Waals surface area contributed by atoms with Crippen molar-refractivity contribution < 1.29 is 4.79 Å². The van der Waals surface area contributed by atoms with Gasteiger partial charge in [-0.05, 0) is 24.4 Å². The van der Waals surface area contributed by atoms with Crippen molar-refractivity contribution in [2.75, 3.05) is 0 Å². The zero-order chi connectivity index (χ0) is 12.4. The van der Waals surface area contributed by atoms with E-state index in [1.165, 1.54) is 10.9 Å². The summed E-state index contributed by atoms with van der Waals surface area (Å²) in [6, 6.07) is 10.3. The minimum atomic E-state index is -0.102. The van der Waals surface area contributed by atoms with Crippen molar-refractivity contribution in [3.63, 3.8) is 0 Å². The van der Waals surface area contributed by atoms with E-state index in [2.05, 4.69) is 34.7 Å². The third-order valence-corrected chi connectivity index (χ3v) is 2.87. The first-order valence-corrected chi connectivity index (χ1v) is 5.56. The lowest BCUT2D eigenvalue weighted by atomic mass is 10.2. The van der Waals surface area contributed by atoms with Gasteiger partial charge in [-0.1, -0.05) is 24.8 Å². The van der Waals surface area contributed by atoms with E-state index >= 15 is 0 Å². The largest absolute Gasteiger partial charge is 0.347 e. The van der Waals surface area contributed by atoms with Crippen molar-refractivity contribution in [2.45, 2.75) is 13.5 Å². The molecule has 0 saturated heterocycles. The predicted octanol–water partition coefficient (Wildman–Crippen LogP) is 2.37. The van der Waals surface area contributed by atoms with Crippen molar-refractivity contribution in [1.82, 2.24) is 9.88 Å². The molecule has 2 aromatic rings. The van der Waals surface area contributed by atoms with Crippen LogP contribution in [0.4, 0.5) is 0 Å². The minimum Gasteiger partial charge on any atom is -0.347 e. The average Bonchev–Trinajstić information content (AvgIpc) is 2.64. The van der Waals surface area contributed by atoms with Crippen molar-refractivity contribution in [3.05, 3.63) is 48.2 Å². The number of carbonyl (C=O) groups is 1. The highest BCUT2D eigenvalue weighted by atomic mass is 16.1. The molecule has 0 saturated carbocycles. The monoisotopic (exact) mass is 228 g/mol. The average molecular weight is 228 g/mol. The second-order valence-electron chi connectivity index (χ2n) is 4.22. The molecule has 88 valence electrons. The number of rotatable bonds is 3. The molecule has 0 fully saturated rings. The van der Waals surface area contributed by atoms with E-state index in [1.807, 2.05) is 19.2 Å². The third kappa shape index (κ3) is 2.23. The van der Waals surface area contributed by atoms with E-state index in [4.69, 9.17) is 0 Å². The van der Waals surface area contributed by atoms with Crippen molar-refractivity contribution >= 4 is 16.8 Å². The lowest BCUT2D eigenvalue weighted by Gasteiger charge is -2.06. The van der Waals surface area contributed by atoms with Gasteiger partial charge in [0.1, 0.15) is 0 Å². The Kier molecular flexibility index (Phi) is 3.00. The fraction of sp³-hybridized carbons (Fsp3) is 0.214. The van der Waals surface area contributed by atoms with Gasteiger partial charge in [-0.25, -0.2) is 0 Å². The lowest BCUT2D eigenvalue weighted by Crippen LogP contribution is -2.24. The number of aromatic nitrogens is 1. The summed E-state index contributed by atoms with van der Waals surface area (Å²) in [5.41, 5.74) is 2.79. The Balaban J connectivity index is 2.22. The topological polar surface area (TPSA) is 34.0 Å². The molecular formula is C14H16N2O. The third-order valence-electron chi connectivity index (χ3n) is 2.87. The Morgan fingerprint density at radius 2 is 2.12 bits per heavy atom. The van der Waals surface area contributed by atoms with Crippen molar-refractivity contribution in [3.8, 4) is 0 Å². The van der Waals surface area contributed by atoms with Crippen LogP contribution in [0.2, 0.25) is 0 Å². The number of amides is 1. The fourth-order valence-electron chi connectivity index (χ4n) is 1.84. The van der Waals surface area contributed by atoms with Crippen molar-refractivity contribution in [1.29, 1.82) is 0 Å². The first-order chi connectivity index (χ1) is 8.09. The quantitative estimate of drug-likeness (QED) is 0.804. The number of nitrogens with one attached hydrogen (secondary N) is 1. The van der Waals surface area contributed by atoms with Gasteiger partial charge in [-0.3, -0.25) is 4.79 Å². The fourth-order valence-corrected chi connectivity index (χ4v) is 1.84. The maximum atomic E-state index is 11.4. The highest BCUT2D eigenvalue weighted by Gasteiger charge is 2.06. The zero-order valence-electron chi connectivity index (χ0n) is 10.2. The molecule has 1 N–H and O–H groups in total. The number of benzene rings is 1. The second kappa shape index (κ2) is 4.45. The van der Waals surface area contributed by atoms with Gasteiger partial charge in [-0.2, -0.15) is 0 Å². The van der Waals surface area contributed by atoms with Gasteiger partial charge >= 0.3 is 0 Å². The van der Waals surface area contributed by atoms with E-state index in [9.17, 15) is 4.79 Å². The summed E-state index contributed by atoms with van der Waals surface area (Å²) in [4.78, 5) is 11.4. The number of fused-ring (bicyclic) bond motifs is 1. The summed E-state index contributed by atoms with van der Waals surface area (Å²) in [6.45, 7) is 5.84. The molecule has 17 heavy (non-hydrogen) atoms. The van der Waals surface area contributed by atoms with E-state index in [-0.39, 0.29) is 5.91 Å². The Morgan fingerprint density at radius 1 is 1.41 bits per heavy atom. The van der Waals surface area contributed by atoms with Crippen LogP contribution in [0, 0.1) is 0 Å². The molecule has 0 bridgehead atoms. The second-order valence-corrected chi connectivity index (χ2v) is 4.22. The summed E-state index contributed by atoms with van der Waals surface area (Å²) in [5, 5.41) is 4.03. The molecule has 3 heteroatoms. The number of nitrogens with zero attached hydrogens (tertiary/aromatic N) is 1. The molecule has 0 atom stereocenters. The van der Waals surface area contributed by atoms with Gasteiger partial charge < -0.3 is 9.88 Å². The summed E-state index contributed by atoms with van der Waals surface area (Å²) < 4.78 is 2.09. The molecule has 0 radical (unpaired) electrons. The van der Waals surface area contributed by atoms with E-state index < -0.39 is 0 Å². The van der Waals surface area contributed by atoms with Gasteiger partial charge in [0.05, 0.1) is 6.54 Å². The normalized spacial score (nSPS) is 10.5. The van der Waals surface area contributed by atoms with Crippen LogP contribution in [0.3, 0.4) is 0 Å². The zero-order valence-corrected chi connectivity index (χ0v) is 10.2. The number of hydrogen-bond acceptors (Lipinski definition) is 1. The first kappa shape index (κ1) is 11.5. The van der Waals surface area contributed by atoms with Gasteiger partial charge in [0.25, 0.3) is 0 Å². The van der Waals surface area contributed by atoms with Gasteiger partial charge in [0.15, 0.2) is 0 Å². The smallest absolute Gasteiger partial charge is 0.246 e. The minimum absolute atomic E-state index is 0.102. The number of aryl methyl sites for hydroxylation is 1. The molecule has 2 rings (SSSR count). The molecule has 1 aromatic heterocycles. The number of hydrogen-bond donors (Lipinski definition) is 1. The van der Waals surface area contributed by atoms with Gasteiger partial charge in [0.2, 0.25) is 5.91 Å². The molecule has 0 unspecified atom stereocenters. The summed E-state index contributed by atoms with van der Waals surface area (Å²) >= 11 is 0. The van der Waals surface area contributed by atoms with E-state index in [1.54, 1.807) is 6.92 Å². The first-order valence-electron chi connectivity index (χ1n) is 5.56. The summed E-state index contributed by atoms with van der Waals surface area (Å²) in [7, 11) is 2.00. The number of carbonyl (C=O) groups excluding carboxylic acids is 1.